The zero-order valence-electron chi connectivity index (χ0n) is 15.7. The van der Waals surface area contributed by atoms with Gasteiger partial charge in [-0.25, -0.2) is 4.98 Å². The zero-order valence-corrected chi connectivity index (χ0v) is 15.7. The molecule has 7 nitrogen and oxygen atoms in total. The maximum atomic E-state index is 12.6. The number of hydrogen-bond donors (Lipinski definition) is 1. The Balaban J connectivity index is 1.42. The number of rotatable bonds is 7. The summed E-state index contributed by atoms with van der Waals surface area (Å²) >= 11 is 0. The third-order valence-electron chi connectivity index (χ3n) is 4.57. The van der Waals surface area contributed by atoms with Crippen LogP contribution >= 0.6 is 0 Å². The van der Waals surface area contributed by atoms with E-state index >= 15 is 0 Å². The molecular formula is C21H17F2N3O4. The minimum Gasteiger partial charge on any atom is -0.448 e. The molecular weight excluding hydrogens is 396 g/mol. The number of benzene rings is 2. The van der Waals surface area contributed by atoms with E-state index in [1.165, 1.54) is 12.4 Å². The summed E-state index contributed by atoms with van der Waals surface area (Å²) in [5.41, 5.74) is 1.17. The molecule has 9 heteroatoms. The normalized spacial score (nSPS) is 11.3. The number of halogens is 2. The van der Waals surface area contributed by atoms with Gasteiger partial charge >= 0.3 is 6.61 Å². The second-order valence-electron chi connectivity index (χ2n) is 6.54. The number of ether oxygens (including phenoxy) is 1. The van der Waals surface area contributed by atoms with Crippen LogP contribution in [-0.2, 0) is 17.8 Å². The number of fused-ring (bicyclic) bond motifs is 3. The molecule has 0 unspecified atom stereocenters. The molecule has 0 radical (unpaired) electrons. The van der Waals surface area contributed by atoms with Gasteiger partial charge in [-0.1, -0.05) is 30.3 Å². The second-order valence-corrected chi connectivity index (χ2v) is 6.54. The SMILES string of the molecule is O=C(Cn1cnc2c(oc3ccccc32)c1=O)NCCc1ccccc1OC(F)F. The summed E-state index contributed by atoms with van der Waals surface area (Å²) in [7, 11) is 0. The number of carbonyl (C=O) groups excluding carboxylic acids is 1. The predicted molar refractivity (Wildman–Crippen MR) is 106 cm³/mol. The molecule has 0 aliphatic rings. The Bertz CT molecular complexity index is 1270. The van der Waals surface area contributed by atoms with Gasteiger partial charge in [0, 0.05) is 11.9 Å². The van der Waals surface area contributed by atoms with E-state index in [1.54, 1.807) is 36.4 Å². The molecule has 0 aliphatic heterocycles. The van der Waals surface area contributed by atoms with Crippen molar-refractivity contribution in [2.45, 2.75) is 19.6 Å². The Morgan fingerprint density at radius 1 is 1.17 bits per heavy atom. The maximum absolute atomic E-state index is 12.6. The van der Waals surface area contributed by atoms with Crippen molar-refractivity contribution in [2.24, 2.45) is 0 Å². The van der Waals surface area contributed by atoms with Crippen LogP contribution in [0.1, 0.15) is 5.56 Å². The third kappa shape index (κ3) is 4.00. The van der Waals surface area contributed by atoms with Crippen LogP contribution in [0.5, 0.6) is 5.75 Å². The van der Waals surface area contributed by atoms with E-state index in [9.17, 15) is 18.4 Å². The topological polar surface area (TPSA) is 86.4 Å². The summed E-state index contributed by atoms with van der Waals surface area (Å²) in [6, 6.07) is 13.5. The number of amides is 1. The summed E-state index contributed by atoms with van der Waals surface area (Å²) in [5, 5.41) is 3.39. The molecule has 1 amide bonds. The Hall–Kier alpha value is -3.75. The van der Waals surface area contributed by atoms with Crippen LogP contribution in [0.25, 0.3) is 22.1 Å². The van der Waals surface area contributed by atoms with Gasteiger partial charge in [-0.05, 0) is 30.2 Å². The molecule has 0 bridgehead atoms. The standard InChI is InChI=1S/C21H17F2N3O4/c22-21(23)30-15-7-3-1-5-13(15)9-10-24-17(27)11-26-12-25-18-14-6-2-4-8-16(14)29-19(18)20(26)28/h1-8,12,21H,9-11H2,(H,24,27). The van der Waals surface area contributed by atoms with Crippen LogP contribution in [0.4, 0.5) is 8.78 Å². The molecule has 30 heavy (non-hydrogen) atoms. The Morgan fingerprint density at radius 2 is 1.93 bits per heavy atom. The second kappa shape index (κ2) is 8.32. The van der Waals surface area contributed by atoms with Crippen molar-refractivity contribution in [3.63, 3.8) is 0 Å². The minimum absolute atomic E-state index is 0.0671. The molecule has 4 aromatic rings. The van der Waals surface area contributed by atoms with Gasteiger partial charge in [-0.3, -0.25) is 14.2 Å². The molecule has 0 fully saturated rings. The number of alkyl halides is 2. The highest BCUT2D eigenvalue weighted by Gasteiger charge is 2.15. The van der Waals surface area contributed by atoms with Crippen LogP contribution in [0, 0.1) is 0 Å². The largest absolute Gasteiger partial charge is 0.448 e. The zero-order chi connectivity index (χ0) is 21.1. The van der Waals surface area contributed by atoms with E-state index < -0.39 is 18.1 Å². The van der Waals surface area contributed by atoms with E-state index in [-0.39, 0.29) is 24.4 Å². The van der Waals surface area contributed by atoms with Crippen LogP contribution < -0.4 is 15.6 Å². The average Bonchev–Trinajstić information content (AvgIpc) is 3.10. The molecule has 2 aromatic carbocycles. The number of para-hydroxylation sites is 2. The van der Waals surface area contributed by atoms with Gasteiger partial charge in [0.15, 0.2) is 0 Å². The Labute approximate surface area is 168 Å². The van der Waals surface area contributed by atoms with Crippen LogP contribution in [0.15, 0.2) is 64.1 Å². The van der Waals surface area contributed by atoms with E-state index in [1.807, 2.05) is 6.07 Å². The third-order valence-corrected chi connectivity index (χ3v) is 4.57. The first kappa shape index (κ1) is 19.6. The van der Waals surface area contributed by atoms with Crippen molar-refractivity contribution in [1.82, 2.24) is 14.9 Å². The molecule has 0 aliphatic carbocycles. The van der Waals surface area contributed by atoms with Gasteiger partial charge in [0.1, 0.15) is 23.4 Å². The monoisotopic (exact) mass is 413 g/mol. The number of furan rings is 1. The fourth-order valence-electron chi connectivity index (χ4n) is 3.20. The Morgan fingerprint density at radius 3 is 2.77 bits per heavy atom. The van der Waals surface area contributed by atoms with Gasteiger partial charge < -0.3 is 14.5 Å². The van der Waals surface area contributed by atoms with Gasteiger partial charge in [0.25, 0.3) is 5.56 Å². The molecule has 1 N–H and O–H groups in total. The lowest BCUT2D eigenvalue weighted by atomic mass is 10.1. The number of aromatic nitrogens is 2. The van der Waals surface area contributed by atoms with Gasteiger partial charge in [-0.2, -0.15) is 8.78 Å². The molecule has 2 heterocycles. The lowest BCUT2D eigenvalue weighted by molar-refractivity contribution is -0.121. The summed E-state index contributed by atoms with van der Waals surface area (Å²) < 4.78 is 36.2. The first-order valence-electron chi connectivity index (χ1n) is 9.19. The molecule has 2 aromatic heterocycles. The highest BCUT2D eigenvalue weighted by Crippen LogP contribution is 2.24. The van der Waals surface area contributed by atoms with Crippen molar-refractivity contribution < 1.29 is 22.7 Å². The van der Waals surface area contributed by atoms with Gasteiger partial charge in [-0.15, -0.1) is 0 Å². The van der Waals surface area contributed by atoms with Crippen LogP contribution in [0.2, 0.25) is 0 Å². The van der Waals surface area contributed by atoms with Crippen molar-refractivity contribution in [3.8, 4) is 5.75 Å². The van der Waals surface area contributed by atoms with E-state index in [4.69, 9.17) is 4.42 Å². The molecule has 4 rings (SSSR count). The fraction of sp³-hybridized carbons (Fsp3) is 0.190. The van der Waals surface area contributed by atoms with Crippen molar-refractivity contribution in [3.05, 3.63) is 70.8 Å². The summed E-state index contributed by atoms with van der Waals surface area (Å²) in [6.07, 6.45) is 1.60. The average molecular weight is 413 g/mol. The first-order chi connectivity index (χ1) is 14.5. The van der Waals surface area contributed by atoms with Crippen LogP contribution in [-0.4, -0.2) is 28.6 Å². The minimum atomic E-state index is -2.92. The van der Waals surface area contributed by atoms with E-state index in [2.05, 4.69) is 15.0 Å². The lowest BCUT2D eigenvalue weighted by Gasteiger charge is -2.11. The Kier molecular flexibility index (Phi) is 5.42. The highest BCUT2D eigenvalue weighted by atomic mass is 19.3. The van der Waals surface area contributed by atoms with Gasteiger partial charge in [0.05, 0.1) is 6.33 Å². The van der Waals surface area contributed by atoms with Crippen molar-refractivity contribution in [2.75, 3.05) is 6.54 Å². The molecule has 0 saturated heterocycles. The first-order valence-corrected chi connectivity index (χ1v) is 9.19. The number of nitrogens with zero attached hydrogens (tertiary/aromatic N) is 2. The molecule has 0 saturated carbocycles. The summed E-state index contributed by atoms with van der Waals surface area (Å²) in [5.74, 6) is -0.348. The van der Waals surface area contributed by atoms with E-state index in [0.717, 1.165) is 9.95 Å². The number of hydrogen-bond acceptors (Lipinski definition) is 5. The van der Waals surface area contributed by atoms with E-state index in [0.29, 0.717) is 23.1 Å². The summed E-state index contributed by atoms with van der Waals surface area (Å²) in [6.45, 7) is -2.97. The number of carbonyl (C=O) groups is 1. The van der Waals surface area contributed by atoms with Crippen LogP contribution in [0.3, 0.4) is 0 Å². The van der Waals surface area contributed by atoms with Crippen molar-refractivity contribution >= 4 is 28.0 Å². The summed E-state index contributed by atoms with van der Waals surface area (Å²) in [4.78, 5) is 29.1. The molecule has 154 valence electrons. The molecule has 0 spiro atoms. The number of nitrogens with one attached hydrogen (secondary N) is 1. The van der Waals surface area contributed by atoms with Crippen molar-refractivity contribution in [1.29, 1.82) is 0 Å². The predicted octanol–water partition coefficient (Wildman–Crippen LogP) is 3.10. The maximum Gasteiger partial charge on any atom is 0.387 e. The lowest BCUT2D eigenvalue weighted by Crippen LogP contribution is -2.33. The smallest absolute Gasteiger partial charge is 0.387 e. The van der Waals surface area contributed by atoms with Gasteiger partial charge in [0.2, 0.25) is 11.5 Å². The fourth-order valence-corrected chi connectivity index (χ4v) is 3.20. The highest BCUT2D eigenvalue weighted by molar-refractivity contribution is 6.01. The quantitative estimate of drug-likeness (QED) is 0.503. The molecule has 0 atom stereocenters.